The van der Waals surface area contributed by atoms with E-state index in [2.05, 4.69) is 17.0 Å². The molecule has 136 valence electrons. The van der Waals surface area contributed by atoms with Gasteiger partial charge < -0.3 is 15.4 Å². The summed E-state index contributed by atoms with van der Waals surface area (Å²) in [5.41, 5.74) is 7.00. The van der Waals surface area contributed by atoms with Crippen molar-refractivity contribution in [3.05, 3.63) is 35.9 Å². The third-order valence-electron chi connectivity index (χ3n) is 4.14. The molecule has 1 amide bonds. The lowest BCUT2D eigenvalue weighted by atomic mass is 10.1. The number of hydrogen-bond acceptors (Lipinski definition) is 4. The van der Waals surface area contributed by atoms with E-state index in [1.165, 1.54) is 5.56 Å². The van der Waals surface area contributed by atoms with Gasteiger partial charge in [-0.3, -0.25) is 9.69 Å². The van der Waals surface area contributed by atoms with Crippen LogP contribution in [0.15, 0.2) is 30.3 Å². The summed E-state index contributed by atoms with van der Waals surface area (Å²) in [5, 5.41) is 0. The summed E-state index contributed by atoms with van der Waals surface area (Å²) in [7, 11) is 0. The number of carbonyl (C=O) groups is 1. The molecule has 24 heavy (non-hydrogen) atoms. The Labute approximate surface area is 151 Å². The van der Waals surface area contributed by atoms with Crippen molar-refractivity contribution in [1.29, 1.82) is 0 Å². The third-order valence-corrected chi connectivity index (χ3v) is 4.14. The minimum absolute atomic E-state index is 0. The van der Waals surface area contributed by atoms with Crippen LogP contribution in [0.4, 0.5) is 0 Å². The van der Waals surface area contributed by atoms with E-state index >= 15 is 0 Å². The number of nitrogens with two attached hydrogens (primary N) is 1. The second kappa shape index (κ2) is 10.7. The largest absolute Gasteiger partial charge is 0.372 e. The average Bonchev–Trinajstić information content (AvgIpc) is 2.53. The van der Waals surface area contributed by atoms with Gasteiger partial charge in [0.2, 0.25) is 5.91 Å². The highest BCUT2D eigenvalue weighted by molar-refractivity contribution is 5.85. The molecule has 6 heteroatoms. The van der Waals surface area contributed by atoms with Crippen LogP contribution in [0.5, 0.6) is 0 Å². The summed E-state index contributed by atoms with van der Waals surface area (Å²) < 4.78 is 5.70. The number of amides is 1. The molecule has 1 aromatic carbocycles. The van der Waals surface area contributed by atoms with Crippen molar-refractivity contribution in [2.75, 3.05) is 39.3 Å². The zero-order chi connectivity index (χ0) is 16.7. The molecule has 0 bridgehead atoms. The summed E-state index contributed by atoms with van der Waals surface area (Å²) in [5.74, 6) is 0.175. The van der Waals surface area contributed by atoms with Gasteiger partial charge >= 0.3 is 0 Å². The Morgan fingerprint density at radius 3 is 2.42 bits per heavy atom. The van der Waals surface area contributed by atoms with E-state index in [-0.39, 0.29) is 30.5 Å². The van der Waals surface area contributed by atoms with Gasteiger partial charge in [0.25, 0.3) is 0 Å². The normalized spacial score (nSPS) is 20.8. The lowest BCUT2D eigenvalue weighted by Gasteiger charge is -2.36. The summed E-state index contributed by atoms with van der Waals surface area (Å²) >= 11 is 0. The molecule has 0 spiro atoms. The molecule has 2 unspecified atom stereocenters. The fourth-order valence-electron chi connectivity index (χ4n) is 3.06. The number of carbonyl (C=O) groups excluding carboxylic acids is 1. The van der Waals surface area contributed by atoms with Gasteiger partial charge in [0.05, 0.1) is 18.8 Å². The Hall–Kier alpha value is -1.14. The molecule has 5 nitrogen and oxygen atoms in total. The van der Waals surface area contributed by atoms with Gasteiger partial charge in [-0.1, -0.05) is 30.3 Å². The minimum atomic E-state index is 0. The topological polar surface area (TPSA) is 58.8 Å². The summed E-state index contributed by atoms with van der Waals surface area (Å²) in [6.07, 6.45) is 1.15. The van der Waals surface area contributed by atoms with Gasteiger partial charge in [-0.05, 0) is 25.8 Å². The van der Waals surface area contributed by atoms with E-state index in [1.54, 1.807) is 0 Å². The van der Waals surface area contributed by atoms with Crippen LogP contribution < -0.4 is 5.73 Å². The number of benzene rings is 1. The molecule has 1 aromatic rings. The first kappa shape index (κ1) is 20.9. The molecule has 2 N–H and O–H groups in total. The van der Waals surface area contributed by atoms with E-state index in [4.69, 9.17) is 10.5 Å². The van der Waals surface area contributed by atoms with E-state index in [9.17, 15) is 4.79 Å². The van der Waals surface area contributed by atoms with Crippen molar-refractivity contribution in [3.63, 3.8) is 0 Å². The van der Waals surface area contributed by atoms with Crippen LogP contribution in [0, 0.1) is 0 Å². The number of halogens is 1. The van der Waals surface area contributed by atoms with Crippen molar-refractivity contribution in [3.8, 4) is 0 Å². The van der Waals surface area contributed by atoms with Crippen LogP contribution in [0.2, 0.25) is 0 Å². The molecule has 1 fully saturated rings. The van der Waals surface area contributed by atoms with Crippen molar-refractivity contribution >= 4 is 18.3 Å². The Kier molecular flexibility index (Phi) is 9.29. The van der Waals surface area contributed by atoms with Gasteiger partial charge in [0.15, 0.2) is 0 Å². The number of hydrogen-bond donors (Lipinski definition) is 1. The zero-order valence-corrected chi connectivity index (χ0v) is 15.5. The fourth-order valence-corrected chi connectivity index (χ4v) is 3.06. The lowest BCUT2D eigenvalue weighted by Crippen LogP contribution is -2.51. The highest BCUT2D eigenvalue weighted by atomic mass is 35.5. The number of ether oxygens (including phenoxy) is 1. The van der Waals surface area contributed by atoms with E-state index < -0.39 is 0 Å². The molecule has 2 rings (SSSR count). The second-order valence-corrected chi connectivity index (χ2v) is 6.36. The van der Waals surface area contributed by atoms with Crippen molar-refractivity contribution in [1.82, 2.24) is 9.80 Å². The number of morpholine rings is 1. The van der Waals surface area contributed by atoms with Crippen LogP contribution >= 0.6 is 12.4 Å². The predicted octanol–water partition coefficient (Wildman–Crippen LogP) is 1.55. The first-order valence-corrected chi connectivity index (χ1v) is 8.48. The Morgan fingerprint density at radius 2 is 1.83 bits per heavy atom. The average molecular weight is 356 g/mol. The number of rotatable bonds is 7. The maximum atomic E-state index is 12.6. The Bertz CT molecular complexity index is 476. The van der Waals surface area contributed by atoms with Crippen LogP contribution in [0.25, 0.3) is 0 Å². The highest BCUT2D eigenvalue weighted by Gasteiger charge is 2.26. The zero-order valence-electron chi connectivity index (χ0n) is 14.7. The predicted molar refractivity (Wildman–Crippen MR) is 99.5 cm³/mol. The highest BCUT2D eigenvalue weighted by Crippen LogP contribution is 2.11. The maximum absolute atomic E-state index is 12.6. The minimum Gasteiger partial charge on any atom is -0.372 e. The summed E-state index contributed by atoms with van der Waals surface area (Å²) in [6, 6.07) is 10.3. The molecule has 0 aliphatic carbocycles. The Balaban J connectivity index is 0.00000288. The SMILES string of the molecule is CC1CN(C(=O)CN(CCN)CCc2ccccc2)CC(C)O1.Cl. The molecule has 2 atom stereocenters. The van der Waals surface area contributed by atoms with Crippen molar-refractivity contribution in [2.45, 2.75) is 32.5 Å². The molecule has 0 saturated carbocycles. The third kappa shape index (κ3) is 6.77. The fraction of sp³-hybridized carbons (Fsp3) is 0.611. The van der Waals surface area contributed by atoms with Gasteiger partial charge in [0, 0.05) is 32.7 Å². The molecule has 1 aliphatic heterocycles. The van der Waals surface area contributed by atoms with Crippen molar-refractivity contribution < 1.29 is 9.53 Å². The molecule has 1 aliphatic rings. The number of nitrogens with zero attached hydrogens (tertiary/aromatic N) is 2. The van der Waals surface area contributed by atoms with Crippen LogP contribution in [0.3, 0.4) is 0 Å². The van der Waals surface area contributed by atoms with Crippen LogP contribution in [-0.2, 0) is 16.0 Å². The summed E-state index contributed by atoms with van der Waals surface area (Å²) in [6.45, 7) is 7.99. The maximum Gasteiger partial charge on any atom is 0.236 e. The van der Waals surface area contributed by atoms with Crippen LogP contribution in [0.1, 0.15) is 19.4 Å². The van der Waals surface area contributed by atoms with Gasteiger partial charge in [-0.15, -0.1) is 12.4 Å². The quantitative estimate of drug-likeness (QED) is 0.806. The van der Waals surface area contributed by atoms with E-state index in [0.29, 0.717) is 26.2 Å². The first-order valence-electron chi connectivity index (χ1n) is 8.48. The molecule has 1 saturated heterocycles. The standard InChI is InChI=1S/C18H29N3O2.ClH/c1-15-12-21(13-16(2)23-15)18(22)14-20(11-9-19)10-8-17-6-4-3-5-7-17;/h3-7,15-16H,8-14,19H2,1-2H3;1H. The molecular weight excluding hydrogens is 326 g/mol. The van der Waals surface area contributed by atoms with E-state index in [1.807, 2.05) is 36.9 Å². The first-order chi connectivity index (χ1) is 11.1. The monoisotopic (exact) mass is 355 g/mol. The van der Waals surface area contributed by atoms with Gasteiger partial charge in [0.1, 0.15) is 0 Å². The molecular formula is C18H30ClN3O2. The van der Waals surface area contributed by atoms with E-state index in [0.717, 1.165) is 19.5 Å². The molecule has 0 radical (unpaired) electrons. The Morgan fingerprint density at radius 1 is 1.21 bits per heavy atom. The molecule has 0 aromatic heterocycles. The van der Waals surface area contributed by atoms with Crippen molar-refractivity contribution in [2.24, 2.45) is 5.73 Å². The van der Waals surface area contributed by atoms with Gasteiger partial charge in [-0.25, -0.2) is 0 Å². The lowest BCUT2D eigenvalue weighted by molar-refractivity contribution is -0.144. The molecule has 1 heterocycles. The second-order valence-electron chi connectivity index (χ2n) is 6.36. The summed E-state index contributed by atoms with van der Waals surface area (Å²) in [4.78, 5) is 16.6. The van der Waals surface area contributed by atoms with Crippen LogP contribution in [-0.4, -0.2) is 67.2 Å². The van der Waals surface area contributed by atoms with Gasteiger partial charge in [-0.2, -0.15) is 0 Å². The smallest absolute Gasteiger partial charge is 0.236 e.